The van der Waals surface area contributed by atoms with Crippen LogP contribution in [-0.4, -0.2) is 35.4 Å². The van der Waals surface area contributed by atoms with Crippen LogP contribution in [0.4, 0.5) is 4.39 Å². The average Bonchev–Trinajstić information content (AvgIpc) is 3.16. The van der Waals surface area contributed by atoms with Gasteiger partial charge in [-0.1, -0.05) is 58.5 Å². The van der Waals surface area contributed by atoms with Crippen molar-refractivity contribution in [2.24, 2.45) is 10.9 Å². The van der Waals surface area contributed by atoms with Crippen molar-refractivity contribution in [2.45, 2.75) is 65.0 Å². The van der Waals surface area contributed by atoms with Crippen LogP contribution in [0.5, 0.6) is 5.75 Å². The average molecular weight is 465 g/mol. The molecule has 0 bridgehead atoms. The van der Waals surface area contributed by atoms with Gasteiger partial charge >= 0.3 is 0 Å². The largest absolute Gasteiger partial charge is 0.453 e. The number of likely N-dealkylation sites (N-methyl/N-ethyl adjacent to an activating group) is 1. The SMILES string of the molecule is C=C/C(Oc1ccc(F)cc1-c1ccccc1C(C)C)=C(\N=C/CC)N(C)C1CC(C)CC1O. The van der Waals surface area contributed by atoms with E-state index in [2.05, 4.69) is 38.4 Å². The number of benzene rings is 2. The summed E-state index contributed by atoms with van der Waals surface area (Å²) in [6.07, 6.45) is 5.41. The molecule has 2 aromatic rings. The lowest BCUT2D eigenvalue weighted by Crippen LogP contribution is -2.37. The van der Waals surface area contributed by atoms with Crippen LogP contribution in [0.3, 0.4) is 0 Å². The van der Waals surface area contributed by atoms with E-state index in [0.717, 1.165) is 30.4 Å². The number of hydrogen-bond donors (Lipinski definition) is 1. The van der Waals surface area contributed by atoms with Crippen molar-refractivity contribution in [1.29, 1.82) is 0 Å². The highest BCUT2D eigenvalue weighted by Gasteiger charge is 2.35. The van der Waals surface area contributed by atoms with Crippen LogP contribution in [-0.2, 0) is 0 Å². The summed E-state index contributed by atoms with van der Waals surface area (Å²) in [5.74, 6) is 1.97. The number of aliphatic imine (C=N–C) groups is 1. The van der Waals surface area contributed by atoms with Gasteiger partial charge in [-0.3, -0.25) is 0 Å². The van der Waals surface area contributed by atoms with Crippen LogP contribution in [0.2, 0.25) is 0 Å². The number of halogens is 1. The fourth-order valence-corrected chi connectivity index (χ4v) is 4.66. The van der Waals surface area contributed by atoms with Gasteiger partial charge in [0.2, 0.25) is 0 Å². The zero-order valence-electron chi connectivity index (χ0n) is 21.0. The maximum absolute atomic E-state index is 14.4. The first-order chi connectivity index (χ1) is 16.3. The fourth-order valence-electron chi connectivity index (χ4n) is 4.66. The first-order valence-electron chi connectivity index (χ1n) is 12.1. The maximum Gasteiger partial charge on any atom is 0.171 e. The Morgan fingerprint density at radius 1 is 1.24 bits per heavy atom. The lowest BCUT2D eigenvalue weighted by atomic mass is 9.92. The molecular weight excluding hydrogens is 427 g/mol. The first-order valence-corrected chi connectivity index (χ1v) is 12.1. The number of ether oxygens (including phenoxy) is 1. The van der Waals surface area contributed by atoms with Gasteiger partial charge in [-0.25, -0.2) is 9.38 Å². The summed E-state index contributed by atoms with van der Waals surface area (Å²) in [4.78, 5) is 6.67. The van der Waals surface area contributed by atoms with Gasteiger partial charge in [0.1, 0.15) is 11.6 Å². The molecule has 1 aliphatic rings. The van der Waals surface area contributed by atoms with Crippen molar-refractivity contribution in [3.8, 4) is 16.9 Å². The summed E-state index contributed by atoms with van der Waals surface area (Å²) < 4.78 is 20.8. The number of aliphatic hydroxyl groups excluding tert-OH is 1. The van der Waals surface area contributed by atoms with E-state index in [9.17, 15) is 9.50 Å². The molecule has 0 spiro atoms. The molecule has 1 fully saturated rings. The molecular formula is C29H37FN2O2. The molecule has 1 N–H and O–H groups in total. The highest BCUT2D eigenvalue weighted by atomic mass is 19.1. The third kappa shape index (κ3) is 5.76. The fraction of sp³-hybridized carbons (Fsp3) is 0.414. The molecule has 0 heterocycles. The van der Waals surface area contributed by atoms with Crippen LogP contribution in [0.1, 0.15) is 58.4 Å². The van der Waals surface area contributed by atoms with Crippen molar-refractivity contribution in [3.05, 3.63) is 78.1 Å². The topological polar surface area (TPSA) is 45.1 Å². The molecule has 1 saturated carbocycles. The van der Waals surface area contributed by atoms with Crippen LogP contribution in [0, 0.1) is 11.7 Å². The highest BCUT2D eigenvalue weighted by Crippen LogP contribution is 2.38. The number of nitrogens with zero attached hydrogens (tertiary/aromatic N) is 2. The van der Waals surface area contributed by atoms with Crippen LogP contribution < -0.4 is 4.74 Å². The van der Waals surface area contributed by atoms with Gasteiger partial charge in [-0.2, -0.15) is 0 Å². The predicted molar refractivity (Wildman–Crippen MR) is 139 cm³/mol. The quantitative estimate of drug-likeness (QED) is 0.249. The van der Waals surface area contributed by atoms with Crippen molar-refractivity contribution in [1.82, 2.24) is 4.90 Å². The van der Waals surface area contributed by atoms with Crippen molar-refractivity contribution in [2.75, 3.05) is 7.05 Å². The Bertz CT molecular complexity index is 1060. The van der Waals surface area contributed by atoms with Crippen molar-refractivity contribution >= 4 is 6.21 Å². The van der Waals surface area contributed by atoms with E-state index < -0.39 is 6.10 Å². The van der Waals surface area contributed by atoms with E-state index in [-0.39, 0.29) is 17.8 Å². The number of rotatable bonds is 9. The second-order valence-electron chi connectivity index (χ2n) is 9.42. The first kappa shape index (κ1) is 25.7. The molecule has 0 aliphatic heterocycles. The van der Waals surface area contributed by atoms with Gasteiger partial charge < -0.3 is 14.7 Å². The third-order valence-electron chi connectivity index (χ3n) is 6.40. The molecule has 4 nitrogen and oxygen atoms in total. The zero-order valence-corrected chi connectivity index (χ0v) is 21.0. The minimum atomic E-state index is -0.433. The molecule has 0 radical (unpaired) electrons. The Kier molecular flexibility index (Phi) is 8.67. The van der Waals surface area contributed by atoms with E-state index in [4.69, 9.17) is 4.74 Å². The van der Waals surface area contributed by atoms with Crippen molar-refractivity contribution in [3.63, 3.8) is 0 Å². The minimum Gasteiger partial charge on any atom is -0.453 e. The Morgan fingerprint density at radius 3 is 2.59 bits per heavy atom. The van der Waals surface area contributed by atoms with Crippen LogP contribution in [0.15, 0.2) is 71.7 Å². The maximum atomic E-state index is 14.4. The Balaban J connectivity index is 2.10. The molecule has 3 atom stereocenters. The molecule has 0 aromatic heterocycles. The molecule has 182 valence electrons. The lowest BCUT2D eigenvalue weighted by Gasteiger charge is -2.30. The summed E-state index contributed by atoms with van der Waals surface area (Å²) >= 11 is 0. The van der Waals surface area contributed by atoms with Gasteiger partial charge in [-0.05, 0) is 66.5 Å². The molecule has 3 unspecified atom stereocenters. The van der Waals surface area contributed by atoms with Gasteiger partial charge in [0, 0.05) is 18.8 Å². The monoisotopic (exact) mass is 464 g/mol. The van der Waals surface area contributed by atoms with Gasteiger partial charge in [0.15, 0.2) is 11.6 Å². The van der Waals surface area contributed by atoms with Gasteiger partial charge in [0.05, 0.1) is 12.1 Å². The number of allylic oxidation sites excluding steroid dienone is 1. The normalized spacial score (nSPS) is 21.1. The number of hydrogen-bond acceptors (Lipinski definition) is 4. The Labute approximate surface area is 203 Å². The molecule has 0 saturated heterocycles. The minimum absolute atomic E-state index is 0.0630. The van der Waals surface area contributed by atoms with Crippen LogP contribution in [0.25, 0.3) is 11.1 Å². The van der Waals surface area contributed by atoms with Gasteiger partial charge in [-0.15, -0.1) is 0 Å². The molecule has 2 aromatic carbocycles. The number of aliphatic hydroxyl groups is 1. The Hall–Kier alpha value is -2.92. The summed E-state index contributed by atoms with van der Waals surface area (Å²) in [5.41, 5.74) is 2.73. The van der Waals surface area contributed by atoms with E-state index >= 15 is 0 Å². The molecule has 0 amide bonds. The lowest BCUT2D eigenvalue weighted by molar-refractivity contribution is 0.101. The molecule has 3 rings (SSSR count). The second-order valence-corrected chi connectivity index (χ2v) is 9.42. The van der Waals surface area contributed by atoms with E-state index in [1.165, 1.54) is 12.1 Å². The predicted octanol–water partition coefficient (Wildman–Crippen LogP) is 6.92. The third-order valence-corrected chi connectivity index (χ3v) is 6.40. The summed E-state index contributed by atoms with van der Waals surface area (Å²) in [5, 5.41) is 10.6. The highest BCUT2D eigenvalue weighted by molar-refractivity contribution is 5.74. The van der Waals surface area contributed by atoms with E-state index in [1.807, 2.05) is 43.3 Å². The second kappa shape index (κ2) is 11.5. The van der Waals surface area contributed by atoms with Crippen LogP contribution >= 0.6 is 0 Å². The molecule has 5 heteroatoms. The summed E-state index contributed by atoms with van der Waals surface area (Å²) in [6, 6.07) is 12.5. The summed E-state index contributed by atoms with van der Waals surface area (Å²) in [6.45, 7) is 12.4. The molecule has 34 heavy (non-hydrogen) atoms. The standard InChI is InChI=1S/C29H37FN2O2/c1-7-15-31-29(32(6)25-16-20(5)17-26(25)33)27(8-2)34-28-14-13-21(30)18-24(28)23-12-10-9-11-22(23)19(3)4/h8-15,18-20,25-26,33H,2,7,16-17H2,1,3-6H3/b29-27-,31-15-. The molecule has 1 aliphatic carbocycles. The Morgan fingerprint density at radius 2 is 1.97 bits per heavy atom. The van der Waals surface area contributed by atoms with E-state index in [1.54, 1.807) is 12.1 Å². The van der Waals surface area contributed by atoms with Gasteiger partial charge in [0.25, 0.3) is 0 Å². The zero-order chi connectivity index (χ0) is 24.8. The smallest absolute Gasteiger partial charge is 0.171 e. The van der Waals surface area contributed by atoms with E-state index in [0.29, 0.717) is 28.8 Å². The summed E-state index contributed by atoms with van der Waals surface area (Å²) in [7, 11) is 1.93. The van der Waals surface area contributed by atoms with Crippen molar-refractivity contribution < 1.29 is 14.2 Å².